The molecule has 1 heterocycles. The Morgan fingerprint density at radius 1 is 1.12 bits per heavy atom. The SMILES string of the molecule is CN(C)S(=O)(=O)c1cccc(C(=O)Nc2cnc(C(C)(C)C)nc2)c1. The molecule has 0 spiro atoms. The molecule has 0 aliphatic carbocycles. The third-order valence-corrected chi connectivity index (χ3v) is 5.27. The number of anilines is 1. The quantitative estimate of drug-likeness (QED) is 0.901. The van der Waals surface area contributed by atoms with Crippen LogP contribution in [0.15, 0.2) is 41.6 Å². The van der Waals surface area contributed by atoms with Gasteiger partial charge < -0.3 is 5.32 Å². The van der Waals surface area contributed by atoms with Crippen molar-refractivity contribution in [3.05, 3.63) is 48.0 Å². The molecule has 0 radical (unpaired) electrons. The Kier molecular flexibility index (Phi) is 5.24. The summed E-state index contributed by atoms with van der Waals surface area (Å²) in [6, 6.07) is 5.88. The van der Waals surface area contributed by atoms with Crippen molar-refractivity contribution >= 4 is 21.6 Å². The maximum atomic E-state index is 12.4. The third-order valence-electron chi connectivity index (χ3n) is 3.46. The Bertz CT molecular complexity index is 870. The van der Waals surface area contributed by atoms with Gasteiger partial charge in [0.1, 0.15) is 5.82 Å². The number of carbonyl (C=O) groups excluding carboxylic acids is 1. The minimum absolute atomic E-state index is 0.0597. The first-order valence-corrected chi connectivity index (χ1v) is 9.12. The van der Waals surface area contributed by atoms with E-state index in [9.17, 15) is 13.2 Å². The van der Waals surface area contributed by atoms with Crippen LogP contribution in [-0.2, 0) is 15.4 Å². The topological polar surface area (TPSA) is 92.3 Å². The molecule has 0 bridgehead atoms. The van der Waals surface area contributed by atoms with E-state index in [1.165, 1.54) is 44.7 Å². The van der Waals surface area contributed by atoms with E-state index in [1.54, 1.807) is 6.07 Å². The van der Waals surface area contributed by atoms with E-state index in [0.717, 1.165) is 4.31 Å². The molecular formula is C17H22N4O3S. The van der Waals surface area contributed by atoms with E-state index in [1.807, 2.05) is 20.8 Å². The van der Waals surface area contributed by atoms with Crippen molar-refractivity contribution in [2.45, 2.75) is 31.1 Å². The zero-order valence-corrected chi connectivity index (χ0v) is 15.8. The Hall–Kier alpha value is -2.32. The van der Waals surface area contributed by atoms with Gasteiger partial charge in [-0.25, -0.2) is 22.7 Å². The molecule has 1 amide bonds. The number of aromatic nitrogens is 2. The number of benzene rings is 1. The highest BCUT2D eigenvalue weighted by atomic mass is 32.2. The van der Waals surface area contributed by atoms with Crippen LogP contribution in [-0.4, -0.2) is 42.7 Å². The van der Waals surface area contributed by atoms with Crippen molar-refractivity contribution in [3.8, 4) is 0 Å². The predicted molar refractivity (Wildman–Crippen MR) is 96.0 cm³/mol. The van der Waals surface area contributed by atoms with Gasteiger partial charge in [-0.05, 0) is 18.2 Å². The fourth-order valence-corrected chi connectivity index (χ4v) is 2.94. The van der Waals surface area contributed by atoms with E-state index in [-0.39, 0.29) is 15.9 Å². The van der Waals surface area contributed by atoms with E-state index in [0.29, 0.717) is 11.5 Å². The summed E-state index contributed by atoms with van der Waals surface area (Å²) in [5.41, 5.74) is 0.499. The number of carbonyl (C=O) groups is 1. The van der Waals surface area contributed by atoms with Crippen LogP contribution < -0.4 is 5.32 Å². The molecule has 2 rings (SSSR count). The van der Waals surface area contributed by atoms with Crippen LogP contribution in [0.5, 0.6) is 0 Å². The maximum Gasteiger partial charge on any atom is 0.255 e. The van der Waals surface area contributed by atoms with E-state index in [4.69, 9.17) is 0 Å². The summed E-state index contributed by atoms with van der Waals surface area (Å²) in [5.74, 6) is 0.243. The molecule has 8 heteroatoms. The number of amides is 1. The molecule has 25 heavy (non-hydrogen) atoms. The van der Waals surface area contributed by atoms with Crippen LogP contribution in [0.1, 0.15) is 37.0 Å². The van der Waals surface area contributed by atoms with Gasteiger partial charge in [0, 0.05) is 25.1 Å². The summed E-state index contributed by atoms with van der Waals surface area (Å²) in [4.78, 5) is 20.9. The van der Waals surface area contributed by atoms with Gasteiger partial charge >= 0.3 is 0 Å². The second-order valence-corrected chi connectivity index (χ2v) is 8.97. The fourth-order valence-electron chi connectivity index (χ4n) is 1.99. The molecule has 0 saturated carbocycles. The summed E-state index contributed by atoms with van der Waals surface area (Å²) in [6.07, 6.45) is 3.07. The monoisotopic (exact) mass is 362 g/mol. The number of hydrogen-bond donors (Lipinski definition) is 1. The molecule has 0 aliphatic rings. The van der Waals surface area contributed by atoms with Crippen LogP contribution >= 0.6 is 0 Å². The largest absolute Gasteiger partial charge is 0.319 e. The van der Waals surface area contributed by atoms with Gasteiger partial charge in [0.2, 0.25) is 10.0 Å². The fraction of sp³-hybridized carbons (Fsp3) is 0.353. The van der Waals surface area contributed by atoms with Crippen molar-refractivity contribution in [2.75, 3.05) is 19.4 Å². The first-order valence-electron chi connectivity index (χ1n) is 7.68. The highest BCUT2D eigenvalue weighted by Gasteiger charge is 2.19. The highest BCUT2D eigenvalue weighted by Crippen LogP contribution is 2.19. The highest BCUT2D eigenvalue weighted by molar-refractivity contribution is 7.89. The molecule has 2 aromatic rings. The molecule has 1 aromatic carbocycles. The number of nitrogens with zero attached hydrogens (tertiary/aromatic N) is 3. The van der Waals surface area contributed by atoms with E-state index < -0.39 is 15.9 Å². The van der Waals surface area contributed by atoms with Gasteiger partial charge in [0.25, 0.3) is 5.91 Å². The Morgan fingerprint density at radius 3 is 2.24 bits per heavy atom. The number of nitrogens with one attached hydrogen (secondary N) is 1. The van der Waals surface area contributed by atoms with Gasteiger partial charge in [0.15, 0.2) is 0 Å². The van der Waals surface area contributed by atoms with E-state index in [2.05, 4.69) is 15.3 Å². The van der Waals surface area contributed by atoms with Gasteiger partial charge in [-0.2, -0.15) is 0 Å². The lowest BCUT2D eigenvalue weighted by molar-refractivity contribution is 0.102. The average Bonchev–Trinajstić information content (AvgIpc) is 2.54. The first-order chi connectivity index (χ1) is 11.5. The Balaban J connectivity index is 2.22. The second kappa shape index (κ2) is 6.89. The minimum atomic E-state index is -3.60. The smallest absolute Gasteiger partial charge is 0.255 e. The standard InChI is InChI=1S/C17H22N4O3S/c1-17(2,3)16-18-10-13(11-19-16)20-15(22)12-7-6-8-14(9-12)25(23,24)21(4)5/h6-11H,1-5H3,(H,20,22). The first kappa shape index (κ1) is 19.0. The van der Waals surface area contributed by atoms with Crippen LogP contribution in [0, 0.1) is 0 Å². The molecule has 0 atom stereocenters. The van der Waals surface area contributed by atoms with Crippen molar-refractivity contribution in [1.82, 2.24) is 14.3 Å². The summed E-state index contributed by atoms with van der Waals surface area (Å²) in [7, 11) is -0.718. The number of rotatable bonds is 4. The zero-order chi connectivity index (χ0) is 18.8. The number of sulfonamides is 1. The van der Waals surface area contributed by atoms with Crippen LogP contribution in [0.4, 0.5) is 5.69 Å². The molecular weight excluding hydrogens is 340 g/mol. The molecule has 0 aliphatic heterocycles. The summed E-state index contributed by atoms with van der Waals surface area (Å²) in [6.45, 7) is 5.99. The molecule has 7 nitrogen and oxygen atoms in total. The normalized spacial score (nSPS) is 12.2. The van der Waals surface area contributed by atoms with Crippen molar-refractivity contribution in [1.29, 1.82) is 0 Å². The minimum Gasteiger partial charge on any atom is -0.319 e. The lowest BCUT2D eigenvalue weighted by Crippen LogP contribution is -2.23. The molecule has 0 fully saturated rings. The second-order valence-electron chi connectivity index (χ2n) is 6.81. The predicted octanol–water partition coefficient (Wildman–Crippen LogP) is 2.28. The number of hydrogen-bond acceptors (Lipinski definition) is 5. The Morgan fingerprint density at radius 2 is 1.72 bits per heavy atom. The lowest BCUT2D eigenvalue weighted by Gasteiger charge is -2.16. The van der Waals surface area contributed by atoms with Gasteiger partial charge in [0.05, 0.1) is 23.0 Å². The molecule has 0 unspecified atom stereocenters. The van der Waals surface area contributed by atoms with Crippen molar-refractivity contribution in [2.24, 2.45) is 0 Å². The van der Waals surface area contributed by atoms with Gasteiger partial charge in [-0.15, -0.1) is 0 Å². The molecule has 0 saturated heterocycles. The van der Waals surface area contributed by atoms with Crippen molar-refractivity contribution in [3.63, 3.8) is 0 Å². The van der Waals surface area contributed by atoms with Gasteiger partial charge in [-0.3, -0.25) is 4.79 Å². The summed E-state index contributed by atoms with van der Waals surface area (Å²) in [5, 5.41) is 2.67. The lowest BCUT2D eigenvalue weighted by atomic mass is 9.96. The molecule has 134 valence electrons. The average molecular weight is 362 g/mol. The van der Waals surface area contributed by atoms with Crippen LogP contribution in [0.3, 0.4) is 0 Å². The third kappa shape index (κ3) is 4.40. The summed E-state index contributed by atoms with van der Waals surface area (Å²) >= 11 is 0. The van der Waals surface area contributed by atoms with Gasteiger partial charge in [-0.1, -0.05) is 26.8 Å². The van der Waals surface area contributed by atoms with Crippen LogP contribution in [0.2, 0.25) is 0 Å². The molecule has 1 aromatic heterocycles. The van der Waals surface area contributed by atoms with Crippen LogP contribution in [0.25, 0.3) is 0 Å². The summed E-state index contributed by atoms with van der Waals surface area (Å²) < 4.78 is 25.4. The van der Waals surface area contributed by atoms with E-state index >= 15 is 0 Å². The Labute approximate surface area is 148 Å². The maximum absolute atomic E-state index is 12.4. The molecule has 1 N–H and O–H groups in total. The zero-order valence-electron chi connectivity index (χ0n) is 14.9. The van der Waals surface area contributed by atoms with Crippen molar-refractivity contribution < 1.29 is 13.2 Å².